The van der Waals surface area contributed by atoms with Crippen molar-refractivity contribution in [3.63, 3.8) is 0 Å². The van der Waals surface area contributed by atoms with Crippen molar-refractivity contribution >= 4 is 44.7 Å². The van der Waals surface area contributed by atoms with Crippen LogP contribution in [-0.4, -0.2) is 14.7 Å². The summed E-state index contributed by atoms with van der Waals surface area (Å²) in [6.07, 6.45) is 2.66. The van der Waals surface area contributed by atoms with E-state index in [2.05, 4.69) is 11.6 Å². The molecule has 142 valence electrons. The van der Waals surface area contributed by atoms with Gasteiger partial charge in [-0.15, -0.1) is 29.3 Å². The minimum absolute atomic E-state index is 0.121. The molecule has 0 amide bonds. The second-order valence-electron chi connectivity index (χ2n) is 5.79. The quantitative estimate of drug-likeness (QED) is 0.278. The molecule has 4 rings (SSSR count). The van der Waals surface area contributed by atoms with E-state index in [1.807, 2.05) is 22.9 Å². The van der Waals surface area contributed by atoms with Gasteiger partial charge in [-0.3, -0.25) is 14.2 Å². The lowest BCUT2D eigenvalue weighted by Crippen LogP contribution is -2.22. The highest BCUT2D eigenvalue weighted by molar-refractivity contribution is 7.98. The van der Waals surface area contributed by atoms with Gasteiger partial charge in [0.1, 0.15) is 16.9 Å². The predicted octanol–water partition coefficient (Wildman–Crippen LogP) is 4.32. The van der Waals surface area contributed by atoms with Crippen LogP contribution in [0.1, 0.15) is 5.76 Å². The predicted molar refractivity (Wildman–Crippen MR) is 114 cm³/mol. The van der Waals surface area contributed by atoms with Gasteiger partial charge in [0.2, 0.25) is 5.43 Å². The van der Waals surface area contributed by atoms with Gasteiger partial charge in [0.05, 0.1) is 11.1 Å². The fourth-order valence-electron chi connectivity index (χ4n) is 2.67. The first kappa shape index (κ1) is 18.7. The molecule has 0 unspecified atom stereocenters. The molecule has 1 N–H and O–H groups in total. The summed E-state index contributed by atoms with van der Waals surface area (Å²) in [5, 5.41) is 14.4. The molecule has 28 heavy (non-hydrogen) atoms. The van der Waals surface area contributed by atoms with Gasteiger partial charge in [-0.2, -0.15) is 0 Å². The molecule has 9 heteroatoms. The number of thiophene rings is 2. The standard InChI is InChI=1S/C19H14N2O4S3/c1-2-5-21-18(24)16-12(15-4-3-6-26-15)10-27-17(16)20-19(21)28-9-11-7-13(22)14(23)8-25-11/h2-4,6-8,10,23H,1,5,9H2. The van der Waals surface area contributed by atoms with E-state index in [0.717, 1.165) is 16.7 Å². The fraction of sp³-hybridized carbons (Fsp3) is 0.105. The fourth-order valence-corrected chi connectivity index (χ4v) is 5.38. The van der Waals surface area contributed by atoms with Crippen LogP contribution in [0.2, 0.25) is 0 Å². The van der Waals surface area contributed by atoms with Crippen molar-refractivity contribution in [2.24, 2.45) is 0 Å². The van der Waals surface area contributed by atoms with Crippen LogP contribution in [0.5, 0.6) is 5.75 Å². The van der Waals surface area contributed by atoms with Gasteiger partial charge in [-0.25, -0.2) is 4.98 Å². The van der Waals surface area contributed by atoms with Crippen molar-refractivity contribution in [3.05, 3.63) is 74.2 Å². The first-order chi connectivity index (χ1) is 13.6. The molecule has 0 radical (unpaired) electrons. The third-order valence-electron chi connectivity index (χ3n) is 3.97. The van der Waals surface area contributed by atoms with Gasteiger partial charge in [-0.1, -0.05) is 23.9 Å². The average molecular weight is 431 g/mol. The Morgan fingerprint density at radius 1 is 1.36 bits per heavy atom. The first-order valence-electron chi connectivity index (χ1n) is 8.18. The number of nitrogens with zero attached hydrogens (tertiary/aromatic N) is 2. The lowest BCUT2D eigenvalue weighted by molar-refractivity contribution is 0.419. The Morgan fingerprint density at radius 3 is 2.93 bits per heavy atom. The van der Waals surface area contributed by atoms with Crippen molar-refractivity contribution in [1.29, 1.82) is 0 Å². The molecule has 0 fully saturated rings. The zero-order valence-electron chi connectivity index (χ0n) is 14.5. The Hall–Kier alpha value is -2.62. The SMILES string of the molecule is C=CCn1c(SCc2cc(=O)c(O)co2)nc2scc(-c3cccs3)c2c1=O. The largest absolute Gasteiger partial charge is 0.502 e. The minimum Gasteiger partial charge on any atom is -0.502 e. The summed E-state index contributed by atoms with van der Waals surface area (Å²) in [6, 6.07) is 5.17. The molecule has 0 bridgehead atoms. The Bertz CT molecular complexity index is 1270. The normalized spacial score (nSPS) is 11.1. The summed E-state index contributed by atoms with van der Waals surface area (Å²) < 4.78 is 6.80. The molecule has 0 saturated heterocycles. The van der Waals surface area contributed by atoms with Crippen LogP contribution in [0.3, 0.4) is 0 Å². The maximum atomic E-state index is 13.2. The van der Waals surface area contributed by atoms with Crippen LogP contribution in [0.25, 0.3) is 20.7 Å². The molecule has 0 atom stereocenters. The van der Waals surface area contributed by atoms with E-state index in [1.165, 1.54) is 29.2 Å². The monoisotopic (exact) mass is 430 g/mol. The van der Waals surface area contributed by atoms with Gasteiger partial charge in [0.25, 0.3) is 5.56 Å². The summed E-state index contributed by atoms with van der Waals surface area (Å²) >= 11 is 4.30. The van der Waals surface area contributed by atoms with Gasteiger partial charge >= 0.3 is 0 Å². The number of rotatable bonds is 6. The van der Waals surface area contributed by atoms with E-state index in [4.69, 9.17) is 4.42 Å². The van der Waals surface area contributed by atoms with Crippen molar-refractivity contribution in [2.45, 2.75) is 17.5 Å². The molecular formula is C19H14N2O4S3. The van der Waals surface area contributed by atoms with Gasteiger partial charge in [0.15, 0.2) is 10.9 Å². The van der Waals surface area contributed by atoms with E-state index in [1.54, 1.807) is 22.0 Å². The highest BCUT2D eigenvalue weighted by Crippen LogP contribution is 2.34. The average Bonchev–Trinajstić information content (AvgIpc) is 3.34. The van der Waals surface area contributed by atoms with Crippen LogP contribution in [0, 0.1) is 0 Å². The number of hydrogen-bond donors (Lipinski definition) is 1. The second-order valence-corrected chi connectivity index (χ2v) is 8.54. The van der Waals surface area contributed by atoms with E-state index >= 15 is 0 Å². The van der Waals surface area contributed by atoms with Crippen LogP contribution >= 0.6 is 34.4 Å². The third-order valence-corrected chi connectivity index (χ3v) is 6.74. The molecule has 4 heterocycles. The number of thioether (sulfide) groups is 1. The van der Waals surface area contributed by atoms with Crippen molar-refractivity contribution in [1.82, 2.24) is 9.55 Å². The van der Waals surface area contributed by atoms with Crippen molar-refractivity contribution in [2.75, 3.05) is 0 Å². The summed E-state index contributed by atoms with van der Waals surface area (Å²) in [4.78, 5) is 31.1. The van der Waals surface area contributed by atoms with Crippen LogP contribution in [0.4, 0.5) is 0 Å². The van der Waals surface area contributed by atoms with Crippen LogP contribution in [-0.2, 0) is 12.3 Å². The second kappa shape index (κ2) is 7.78. The van der Waals surface area contributed by atoms with E-state index in [0.29, 0.717) is 33.4 Å². The number of allylic oxidation sites excluding steroid dienone is 1. The van der Waals surface area contributed by atoms with Crippen LogP contribution in [0.15, 0.2) is 67.0 Å². The molecule has 6 nitrogen and oxygen atoms in total. The molecule has 0 aliphatic rings. The molecule has 0 aliphatic heterocycles. The van der Waals surface area contributed by atoms with E-state index in [9.17, 15) is 14.7 Å². The number of aromatic nitrogens is 2. The highest BCUT2D eigenvalue weighted by atomic mass is 32.2. The Morgan fingerprint density at radius 2 is 2.21 bits per heavy atom. The summed E-state index contributed by atoms with van der Waals surface area (Å²) in [7, 11) is 0. The lowest BCUT2D eigenvalue weighted by Gasteiger charge is -2.10. The molecule has 4 aromatic rings. The molecule has 0 aliphatic carbocycles. The molecule has 0 saturated carbocycles. The van der Waals surface area contributed by atoms with Crippen LogP contribution < -0.4 is 11.0 Å². The third kappa shape index (κ3) is 3.44. The Kier molecular flexibility index (Phi) is 5.21. The number of aromatic hydroxyl groups is 1. The molecular weight excluding hydrogens is 416 g/mol. The zero-order chi connectivity index (χ0) is 19.7. The van der Waals surface area contributed by atoms with Crippen molar-refractivity contribution < 1.29 is 9.52 Å². The maximum absolute atomic E-state index is 13.2. The zero-order valence-corrected chi connectivity index (χ0v) is 16.9. The van der Waals surface area contributed by atoms with Crippen molar-refractivity contribution in [3.8, 4) is 16.2 Å². The van der Waals surface area contributed by atoms with Gasteiger partial charge in [0, 0.05) is 28.4 Å². The maximum Gasteiger partial charge on any atom is 0.263 e. The summed E-state index contributed by atoms with van der Waals surface area (Å²) in [6.45, 7) is 4.06. The molecule has 4 aromatic heterocycles. The van der Waals surface area contributed by atoms with E-state index < -0.39 is 11.2 Å². The molecule has 0 spiro atoms. The van der Waals surface area contributed by atoms with E-state index in [-0.39, 0.29) is 5.56 Å². The minimum atomic E-state index is -0.507. The summed E-state index contributed by atoms with van der Waals surface area (Å²) in [5.74, 6) is 0.252. The number of hydrogen-bond acceptors (Lipinski definition) is 8. The number of fused-ring (bicyclic) bond motifs is 1. The molecule has 0 aromatic carbocycles. The first-order valence-corrected chi connectivity index (χ1v) is 10.9. The Labute approximate surface area is 171 Å². The van der Waals surface area contributed by atoms with Gasteiger partial charge < -0.3 is 9.52 Å². The summed E-state index contributed by atoms with van der Waals surface area (Å²) in [5.41, 5.74) is 0.267. The Balaban J connectivity index is 1.76. The van der Waals surface area contributed by atoms with Gasteiger partial charge in [-0.05, 0) is 11.4 Å². The lowest BCUT2D eigenvalue weighted by atomic mass is 10.2. The highest BCUT2D eigenvalue weighted by Gasteiger charge is 2.18. The smallest absolute Gasteiger partial charge is 0.263 e. The topological polar surface area (TPSA) is 85.3 Å².